The topological polar surface area (TPSA) is 54.8 Å². The average molecular weight is 299 g/mol. The molecule has 22 heavy (non-hydrogen) atoms. The van der Waals surface area contributed by atoms with Gasteiger partial charge in [0, 0.05) is 36.8 Å². The highest BCUT2D eigenvalue weighted by molar-refractivity contribution is 6.01. The maximum atomic E-state index is 12.4. The molecule has 1 aromatic rings. The average Bonchev–Trinajstić information content (AvgIpc) is 2.94. The van der Waals surface area contributed by atoms with Crippen LogP contribution in [0.4, 0.5) is 0 Å². The van der Waals surface area contributed by atoms with Crippen molar-refractivity contribution in [1.29, 1.82) is 0 Å². The largest absolute Gasteiger partial charge is 0.390 e. The van der Waals surface area contributed by atoms with E-state index in [1.807, 2.05) is 17.0 Å². The van der Waals surface area contributed by atoms with Crippen molar-refractivity contribution in [2.75, 3.05) is 13.1 Å². The summed E-state index contributed by atoms with van der Waals surface area (Å²) in [4.78, 5) is 23.9. The number of amides is 1. The number of aromatic nitrogens is 1. The second kappa shape index (κ2) is 6.73. The highest BCUT2D eigenvalue weighted by Gasteiger charge is 2.32. The van der Waals surface area contributed by atoms with E-state index in [4.69, 9.17) is 4.84 Å². The van der Waals surface area contributed by atoms with Crippen molar-refractivity contribution in [3.05, 3.63) is 42.7 Å². The van der Waals surface area contributed by atoms with Gasteiger partial charge in [-0.1, -0.05) is 17.7 Å². The SMILES string of the molecule is C=CCN(CC1CC(c2cccnc2)=NO1)C(=O)C1CCC1. The molecule has 1 fully saturated rings. The number of carbonyl (C=O) groups is 1. The van der Waals surface area contributed by atoms with E-state index in [-0.39, 0.29) is 17.9 Å². The predicted octanol–water partition coefficient (Wildman–Crippen LogP) is 2.39. The van der Waals surface area contributed by atoms with E-state index in [1.165, 1.54) is 0 Å². The standard InChI is InChI=1S/C17H21N3O2/c1-2-9-20(17(21)13-5-3-6-13)12-15-10-16(19-22-15)14-7-4-8-18-11-14/h2,4,7-8,11,13,15H,1,3,5-6,9-10,12H2. The summed E-state index contributed by atoms with van der Waals surface area (Å²) in [5.41, 5.74) is 1.87. The molecule has 0 N–H and O–H groups in total. The lowest BCUT2D eigenvalue weighted by atomic mass is 9.84. The van der Waals surface area contributed by atoms with E-state index in [0.717, 1.165) is 30.5 Å². The van der Waals surface area contributed by atoms with Gasteiger partial charge in [0.2, 0.25) is 5.91 Å². The Morgan fingerprint density at radius 3 is 3.00 bits per heavy atom. The monoisotopic (exact) mass is 299 g/mol. The summed E-state index contributed by atoms with van der Waals surface area (Å²) in [5, 5.41) is 4.15. The van der Waals surface area contributed by atoms with E-state index < -0.39 is 0 Å². The molecule has 0 spiro atoms. The Labute approximate surface area is 130 Å². The lowest BCUT2D eigenvalue weighted by Crippen LogP contribution is -2.43. The lowest BCUT2D eigenvalue weighted by molar-refractivity contribution is -0.139. The predicted molar refractivity (Wildman–Crippen MR) is 84.4 cm³/mol. The van der Waals surface area contributed by atoms with Gasteiger partial charge in [0.05, 0.1) is 12.3 Å². The van der Waals surface area contributed by atoms with E-state index in [2.05, 4.69) is 16.7 Å². The van der Waals surface area contributed by atoms with Crippen LogP contribution < -0.4 is 0 Å². The van der Waals surface area contributed by atoms with E-state index in [9.17, 15) is 4.79 Å². The zero-order chi connectivity index (χ0) is 15.4. The van der Waals surface area contributed by atoms with Gasteiger partial charge in [-0.2, -0.15) is 0 Å². The molecule has 0 saturated heterocycles. The maximum Gasteiger partial charge on any atom is 0.226 e. The molecule has 1 aliphatic carbocycles. The second-order valence-electron chi connectivity index (χ2n) is 5.87. The molecule has 5 nitrogen and oxygen atoms in total. The summed E-state index contributed by atoms with van der Waals surface area (Å²) in [6.45, 7) is 4.88. The molecule has 2 aliphatic rings. The van der Waals surface area contributed by atoms with Crippen LogP contribution in [-0.2, 0) is 9.63 Å². The second-order valence-corrected chi connectivity index (χ2v) is 5.87. The van der Waals surface area contributed by atoms with Crippen LogP contribution in [0.2, 0.25) is 0 Å². The number of nitrogens with zero attached hydrogens (tertiary/aromatic N) is 3. The summed E-state index contributed by atoms with van der Waals surface area (Å²) in [6.07, 6.45) is 9.09. The fourth-order valence-electron chi connectivity index (χ4n) is 2.80. The summed E-state index contributed by atoms with van der Waals surface area (Å²) < 4.78 is 0. The molecular formula is C17H21N3O2. The van der Waals surface area contributed by atoms with Crippen LogP contribution in [0, 0.1) is 5.92 Å². The smallest absolute Gasteiger partial charge is 0.226 e. The van der Waals surface area contributed by atoms with Crippen LogP contribution in [0.3, 0.4) is 0 Å². The first-order valence-electron chi connectivity index (χ1n) is 7.80. The molecule has 0 aromatic carbocycles. The van der Waals surface area contributed by atoms with Gasteiger partial charge in [-0.15, -0.1) is 6.58 Å². The first-order valence-corrected chi connectivity index (χ1v) is 7.80. The molecule has 2 heterocycles. The summed E-state index contributed by atoms with van der Waals surface area (Å²) in [6, 6.07) is 3.86. The Kier molecular flexibility index (Phi) is 4.51. The van der Waals surface area contributed by atoms with Gasteiger partial charge in [0.15, 0.2) is 6.10 Å². The Morgan fingerprint density at radius 1 is 1.50 bits per heavy atom. The summed E-state index contributed by atoms with van der Waals surface area (Å²) >= 11 is 0. The lowest BCUT2D eigenvalue weighted by Gasteiger charge is -2.32. The minimum Gasteiger partial charge on any atom is -0.390 e. The van der Waals surface area contributed by atoms with Crippen LogP contribution in [0.5, 0.6) is 0 Å². The van der Waals surface area contributed by atoms with Crippen LogP contribution >= 0.6 is 0 Å². The zero-order valence-corrected chi connectivity index (χ0v) is 12.6. The normalized spacial score (nSPS) is 20.7. The van der Waals surface area contributed by atoms with Crippen molar-refractivity contribution >= 4 is 11.6 Å². The van der Waals surface area contributed by atoms with Gasteiger partial charge >= 0.3 is 0 Å². The Morgan fingerprint density at radius 2 is 2.36 bits per heavy atom. The first kappa shape index (κ1) is 14.8. The molecule has 1 atom stereocenters. The zero-order valence-electron chi connectivity index (χ0n) is 12.6. The third-order valence-corrected chi connectivity index (χ3v) is 4.27. The van der Waals surface area contributed by atoms with Crippen molar-refractivity contribution in [3.63, 3.8) is 0 Å². The van der Waals surface area contributed by atoms with Crippen molar-refractivity contribution in [2.45, 2.75) is 31.8 Å². The molecule has 0 radical (unpaired) electrons. The van der Waals surface area contributed by atoms with E-state index >= 15 is 0 Å². The van der Waals surface area contributed by atoms with E-state index in [0.29, 0.717) is 19.5 Å². The van der Waals surface area contributed by atoms with Gasteiger partial charge in [-0.25, -0.2) is 0 Å². The number of hydrogen-bond acceptors (Lipinski definition) is 4. The third-order valence-electron chi connectivity index (χ3n) is 4.27. The van der Waals surface area contributed by atoms with Crippen molar-refractivity contribution in [2.24, 2.45) is 11.1 Å². The first-order chi connectivity index (χ1) is 10.8. The number of carbonyl (C=O) groups excluding carboxylic acids is 1. The molecule has 1 unspecified atom stereocenters. The Balaban J connectivity index is 1.58. The number of hydrogen-bond donors (Lipinski definition) is 0. The molecular weight excluding hydrogens is 278 g/mol. The van der Waals surface area contributed by atoms with Crippen LogP contribution in [0.25, 0.3) is 0 Å². The molecule has 5 heteroatoms. The molecule has 1 saturated carbocycles. The molecule has 116 valence electrons. The van der Waals surface area contributed by atoms with Crippen LogP contribution in [-0.4, -0.2) is 40.7 Å². The van der Waals surface area contributed by atoms with Crippen LogP contribution in [0.15, 0.2) is 42.3 Å². The summed E-state index contributed by atoms with van der Waals surface area (Å²) in [7, 11) is 0. The Bertz CT molecular complexity index is 567. The minimum atomic E-state index is -0.0841. The maximum absolute atomic E-state index is 12.4. The van der Waals surface area contributed by atoms with Crippen LogP contribution in [0.1, 0.15) is 31.2 Å². The van der Waals surface area contributed by atoms with Gasteiger partial charge in [0.1, 0.15) is 0 Å². The minimum absolute atomic E-state index is 0.0841. The summed E-state index contributed by atoms with van der Waals surface area (Å²) in [5.74, 6) is 0.421. The highest BCUT2D eigenvalue weighted by Crippen LogP contribution is 2.29. The van der Waals surface area contributed by atoms with Gasteiger partial charge in [-0.3, -0.25) is 9.78 Å². The van der Waals surface area contributed by atoms with Gasteiger partial charge in [-0.05, 0) is 25.0 Å². The molecule has 1 aliphatic heterocycles. The van der Waals surface area contributed by atoms with Gasteiger partial charge in [0.25, 0.3) is 0 Å². The number of pyridine rings is 1. The number of oxime groups is 1. The third kappa shape index (κ3) is 3.18. The molecule has 0 bridgehead atoms. The van der Waals surface area contributed by atoms with E-state index in [1.54, 1.807) is 18.5 Å². The van der Waals surface area contributed by atoms with Crippen molar-refractivity contribution in [1.82, 2.24) is 9.88 Å². The number of rotatable bonds is 6. The highest BCUT2D eigenvalue weighted by atomic mass is 16.6. The van der Waals surface area contributed by atoms with Crippen molar-refractivity contribution < 1.29 is 9.63 Å². The molecule has 1 amide bonds. The quantitative estimate of drug-likeness (QED) is 0.758. The fraction of sp³-hybridized carbons (Fsp3) is 0.471. The Hall–Kier alpha value is -2.17. The molecule has 1 aromatic heterocycles. The van der Waals surface area contributed by atoms with Crippen molar-refractivity contribution in [3.8, 4) is 0 Å². The van der Waals surface area contributed by atoms with Gasteiger partial charge < -0.3 is 9.74 Å². The fourth-order valence-corrected chi connectivity index (χ4v) is 2.80. The molecule has 3 rings (SSSR count).